The molecular weight excluding hydrogens is 242 g/mol. The predicted octanol–water partition coefficient (Wildman–Crippen LogP) is 2.62. The summed E-state index contributed by atoms with van der Waals surface area (Å²) in [4.78, 5) is 11.9. The van der Waals surface area contributed by atoms with Crippen LogP contribution in [0.5, 0.6) is 11.5 Å². The van der Waals surface area contributed by atoms with Crippen molar-refractivity contribution in [1.29, 1.82) is 0 Å². The highest BCUT2D eigenvalue weighted by molar-refractivity contribution is 5.81. The Morgan fingerprint density at radius 3 is 2.37 bits per heavy atom. The number of carbonyl (C=O) groups is 1. The Hall–Kier alpha value is -1.71. The minimum Gasteiger partial charge on any atom is -0.497 e. The van der Waals surface area contributed by atoms with Gasteiger partial charge in [0.2, 0.25) is 0 Å². The van der Waals surface area contributed by atoms with Crippen LogP contribution in [0, 0.1) is 5.92 Å². The van der Waals surface area contributed by atoms with Crippen LogP contribution in [0.15, 0.2) is 24.3 Å². The molecule has 0 unspecified atom stereocenters. The molecule has 4 nitrogen and oxygen atoms in total. The maximum Gasteiger partial charge on any atom is 0.260 e. The van der Waals surface area contributed by atoms with Gasteiger partial charge in [-0.15, -0.1) is 0 Å². The van der Waals surface area contributed by atoms with E-state index >= 15 is 0 Å². The van der Waals surface area contributed by atoms with E-state index in [2.05, 4.69) is 19.2 Å². The number of hydrogen-bond donors (Lipinski definition) is 1. The molecule has 0 aliphatic carbocycles. The average Bonchev–Trinajstić information content (AvgIpc) is 2.38. The molecule has 0 spiro atoms. The Bertz CT molecular complexity index is 418. The van der Waals surface area contributed by atoms with Crippen molar-refractivity contribution in [3.63, 3.8) is 0 Å². The maximum absolute atomic E-state index is 11.9. The lowest BCUT2D eigenvalue weighted by Gasteiger charge is -2.21. The lowest BCUT2D eigenvalue weighted by atomic mass is 10.1. The van der Waals surface area contributed by atoms with Gasteiger partial charge in [0.05, 0.1) is 7.11 Å². The van der Waals surface area contributed by atoms with Crippen LogP contribution in [0.1, 0.15) is 27.7 Å². The third kappa shape index (κ3) is 4.81. The van der Waals surface area contributed by atoms with Gasteiger partial charge in [-0.3, -0.25) is 4.79 Å². The van der Waals surface area contributed by atoms with Gasteiger partial charge in [-0.05, 0) is 31.9 Å². The van der Waals surface area contributed by atoms with Crippen LogP contribution in [0.2, 0.25) is 0 Å². The first kappa shape index (κ1) is 15.3. The van der Waals surface area contributed by atoms with Crippen LogP contribution in [0.25, 0.3) is 0 Å². The van der Waals surface area contributed by atoms with Gasteiger partial charge in [0.1, 0.15) is 11.5 Å². The van der Waals surface area contributed by atoms with E-state index in [0.717, 1.165) is 0 Å². The predicted molar refractivity (Wildman–Crippen MR) is 75.5 cm³/mol. The summed E-state index contributed by atoms with van der Waals surface area (Å²) in [5, 5.41) is 2.93. The average molecular weight is 265 g/mol. The molecule has 0 saturated heterocycles. The third-order valence-corrected chi connectivity index (χ3v) is 3.09. The van der Waals surface area contributed by atoms with E-state index in [1.54, 1.807) is 26.2 Å². The van der Waals surface area contributed by atoms with Gasteiger partial charge in [0, 0.05) is 12.1 Å². The fourth-order valence-corrected chi connectivity index (χ4v) is 1.44. The normalized spacial score (nSPS) is 13.8. The van der Waals surface area contributed by atoms with E-state index in [0.29, 0.717) is 17.4 Å². The molecule has 106 valence electrons. The number of benzene rings is 1. The summed E-state index contributed by atoms with van der Waals surface area (Å²) in [6, 6.07) is 7.35. The summed E-state index contributed by atoms with van der Waals surface area (Å²) in [6.45, 7) is 7.86. The van der Waals surface area contributed by atoms with Gasteiger partial charge in [-0.2, -0.15) is 0 Å². The zero-order valence-corrected chi connectivity index (χ0v) is 12.3. The van der Waals surface area contributed by atoms with Crippen molar-refractivity contribution in [3.05, 3.63) is 24.3 Å². The highest BCUT2D eigenvalue weighted by Crippen LogP contribution is 2.20. The van der Waals surface area contributed by atoms with Crippen LogP contribution in [-0.2, 0) is 4.79 Å². The first-order valence-electron chi connectivity index (χ1n) is 6.55. The smallest absolute Gasteiger partial charge is 0.260 e. The van der Waals surface area contributed by atoms with Crippen molar-refractivity contribution in [2.45, 2.75) is 39.8 Å². The molecule has 4 heteroatoms. The zero-order chi connectivity index (χ0) is 14.4. The largest absolute Gasteiger partial charge is 0.497 e. The third-order valence-electron chi connectivity index (χ3n) is 3.09. The lowest BCUT2D eigenvalue weighted by molar-refractivity contribution is -0.128. The monoisotopic (exact) mass is 265 g/mol. The molecule has 0 aromatic heterocycles. The van der Waals surface area contributed by atoms with E-state index < -0.39 is 6.10 Å². The van der Waals surface area contributed by atoms with Crippen molar-refractivity contribution in [1.82, 2.24) is 5.32 Å². The minimum atomic E-state index is -0.534. The van der Waals surface area contributed by atoms with Crippen LogP contribution in [-0.4, -0.2) is 25.2 Å². The van der Waals surface area contributed by atoms with E-state index in [1.165, 1.54) is 0 Å². The van der Waals surface area contributed by atoms with Gasteiger partial charge in [-0.1, -0.05) is 19.9 Å². The summed E-state index contributed by atoms with van der Waals surface area (Å²) in [5.74, 6) is 1.62. The molecule has 1 aromatic carbocycles. The Morgan fingerprint density at radius 2 is 1.79 bits per heavy atom. The molecule has 0 saturated carbocycles. The molecule has 1 rings (SSSR count). The molecule has 0 bridgehead atoms. The number of nitrogens with one attached hydrogen (secondary N) is 1. The number of methoxy groups -OCH3 is 1. The van der Waals surface area contributed by atoms with Crippen LogP contribution >= 0.6 is 0 Å². The Kier molecular flexibility index (Phi) is 5.67. The van der Waals surface area contributed by atoms with Gasteiger partial charge in [-0.25, -0.2) is 0 Å². The minimum absolute atomic E-state index is 0.107. The lowest BCUT2D eigenvalue weighted by Crippen LogP contribution is -2.43. The van der Waals surface area contributed by atoms with Gasteiger partial charge >= 0.3 is 0 Å². The summed E-state index contributed by atoms with van der Waals surface area (Å²) < 4.78 is 10.7. The topological polar surface area (TPSA) is 47.6 Å². The Balaban J connectivity index is 2.58. The summed E-state index contributed by atoms with van der Waals surface area (Å²) in [6.07, 6.45) is -0.534. The first-order valence-corrected chi connectivity index (χ1v) is 6.55. The van der Waals surface area contributed by atoms with E-state index in [-0.39, 0.29) is 11.9 Å². The van der Waals surface area contributed by atoms with E-state index in [4.69, 9.17) is 9.47 Å². The highest BCUT2D eigenvalue weighted by Gasteiger charge is 2.18. The quantitative estimate of drug-likeness (QED) is 0.860. The van der Waals surface area contributed by atoms with Crippen molar-refractivity contribution in [3.8, 4) is 11.5 Å². The standard InChI is InChI=1S/C15H23NO3/c1-10(2)11(3)16-15(17)12(4)19-14-8-6-7-13(9-14)18-5/h6-12H,1-5H3,(H,16,17)/t11-,12+/m1/s1. The number of carbonyl (C=O) groups excluding carboxylic acids is 1. The second kappa shape index (κ2) is 7.02. The molecule has 0 radical (unpaired) electrons. The van der Waals surface area contributed by atoms with Crippen LogP contribution in [0.4, 0.5) is 0 Å². The Morgan fingerprint density at radius 1 is 1.16 bits per heavy atom. The number of rotatable bonds is 6. The SMILES string of the molecule is COc1cccc(O[C@@H](C)C(=O)N[C@H](C)C(C)C)c1. The second-order valence-corrected chi connectivity index (χ2v) is 4.98. The molecule has 0 aliphatic rings. The summed E-state index contributed by atoms with van der Waals surface area (Å²) in [7, 11) is 1.60. The first-order chi connectivity index (χ1) is 8.93. The second-order valence-electron chi connectivity index (χ2n) is 4.98. The highest BCUT2D eigenvalue weighted by atomic mass is 16.5. The molecule has 0 fully saturated rings. The summed E-state index contributed by atoms with van der Waals surface area (Å²) >= 11 is 0. The number of ether oxygens (including phenoxy) is 2. The molecule has 2 atom stereocenters. The van der Waals surface area contributed by atoms with Gasteiger partial charge in [0.15, 0.2) is 6.10 Å². The van der Waals surface area contributed by atoms with E-state index in [1.807, 2.05) is 19.1 Å². The van der Waals surface area contributed by atoms with Crippen molar-refractivity contribution >= 4 is 5.91 Å². The van der Waals surface area contributed by atoms with Crippen molar-refractivity contribution in [2.75, 3.05) is 7.11 Å². The molecule has 0 heterocycles. The molecule has 0 aliphatic heterocycles. The molecule has 1 aromatic rings. The van der Waals surface area contributed by atoms with Crippen LogP contribution < -0.4 is 14.8 Å². The van der Waals surface area contributed by atoms with Gasteiger partial charge < -0.3 is 14.8 Å². The van der Waals surface area contributed by atoms with Crippen molar-refractivity contribution < 1.29 is 14.3 Å². The van der Waals surface area contributed by atoms with Crippen molar-refractivity contribution in [2.24, 2.45) is 5.92 Å². The molecule has 1 amide bonds. The Labute approximate surface area is 115 Å². The maximum atomic E-state index is 11.9. The fraction of sp³-hybridized carbons (Fsp3) is 0.533. The molecule has 19 heavy (non-hydrogen) atoms. The molecular formula is C15H23NO3. The van der Waals surface area contributed by atoms with Crippen LogP contribution in [0.3, 0.4) is 0 Å². The van der Waals surface area contributed by atoms with E-state index in [9.17, 15) is 4.79 Å². The summed E-state index contributed by atoms with van der Waals surface area (Å²) in [5.41, 5.74) is 0. The zero-order valence-electron chi connectivity index (χ0n) is 12.3. The van der Waals surface area contributed by atoms with Gasteiger partial charge in [0.25, 0.3) is 5.91 Å². The fourth-order valence-electron chi connectivity index (χ4n) is 1.44. The number of hydrogen-bond acceptors (Lipinski definition) is 3. The number of amides is 1. The molecule has 1 N–H and O–H groups in total.